The van der Waals surface area contributed by atoms with Gasteiger partial charge in [0.2, 0.25) is 35.8 Å². The van der Waals surface area contributed by atoms with E-state index in [1.54, 1.807) is 12.1 Å². The van der Waals surface area contributed by atoms with E-state index in [2.05, 4.69) is 31.6 Å². The maximum absolute atomic E-state index is 13.7. The number of Topliss-reactive ketones (excluding diaryl/α,β-unsaturated/α-hetero) is 1. The number of guanidine groups is 1. The van der Waals surface area contributed by atoms with Crippen molar-refractivity contribution in [3.05, 3.63) is 42.0 Å². The molecular weight excluding hydrogens is 650 g/mol. The molecule has 1 aromatic rings. The van der Waals surface area contributed by atoms with Crippen molar-refractivity contribution in [3.8, 4) is 5.75 Å². The van der Waals surface area contributed by atoms with Crippen molar-refractivity contribution < 1.29 is 38.7 Å². The fourth-order valence-corrected chi connectivity index (χ4v) is 5.74. The number of nitrogens with zero attached hydrogens (tertiary/aromatic N) is 2. The lowest BCUT2D eigenvalue weighted by Gasteiger charge is -2.29. The highest BCUT2D eigenvalue weighted by molar-refractivity contribution is 6.38. The van der Waals surface area contributed by atoms with Crippen LogP contribution in [-0.4, -0.2) is 108 Å². The van der Waals surface area contributed by atoms with Crippen molar-refractivity contribution in [2.45, 2.75) is 82.6 Å². The Morgan fingerprint density at radius 1 is 1.04 bits per heavy atom. The third-order valence-corrected chi connectivity index (χ3v) is 8.22. The summed E-state index contributed by atoms with van der Waals surface area (Å²) in [6.45, 7) is 3.65. The van der Waals surface area contributed by atoms with Gasteiger partial charge in [0.15, 0.2) is 5.96 Å². The van der Waals surface area contributed by atoms with Gasteiger partial charge in [-0.1, -0.05) is 32.1 Å². The highest BCUT2D eigenvalue weighted by atomic mass is 16.3. The number of amides is 6. The Bertz CT molecular complexity index is 1460. The zero-order chi connectivity index (χ0) is 36.8. The highest BCUT2D eigenvalue weighted by Gasteiger charge is 2.39. The van der Waals surface area contributed by atoms with Gasteiger partial charge in [-0.2, -0.15) is 0 Å². The molecule has 0 saturated carbocycles. The van der Waals surface area contributed by atoms with Gasteiger partial charge in [0, 0.05) is 25.7 Å². The van der Waals surface area contributed by atoms with Gasteiger partial charge in [0.1, 0.15) is 23.9 Å². The van der Waals surface area contributed by atoms with E-state index in [1.807, 2.05) is 13.8 Å². The predicted octanol–water partition coefficient (Wildman–Crippen LogP) is -2.15. The van der Waals surface area contributed by atoms with Crippen LogP contribution in [0.3, 0.4) is 0 Å². The minimum atomic E-state index is -1.34. The summed E-state index contributed by atoms with van der Waals surface area (Å²) in [6.07, 6.45) is 4.14. The number of aliphatic imine (C=N–C) groups is 1. The van der Waals surface area contributed by atoms with E-state index in [1.165, 1.54) is 29.2 Å². The van der Waals surface area contributed by atoms with Gasteiger partial charge in [-0.25, -0.2) is 0 Å². The molecule has 1 fully saturated rings. The molecule has 0 aromatic heterocycles. The van der Waals surface area contributed by atoms with Gasteiger partial charge in [0.25, 0.3) is 5.91 Å². The second-order valence-corrected chi connectivity index (χ2v) is 12.6. The second kappa shape index (κ2) is 18.9. The maximum Gasteiger partial charge on any atom is 0.290 e. The number of carbonyl (C=O) groups is 7. The SMILES string of the molecule is CC(C)C[C@H]1NC(=O)C(=O)C(CCCN=C(N)N)NC(=O)[C@@H]2CCCN2C(=O)[C@@H](NC=O)CNC(=O)/C=C/C(Cc2ccc(O)cc2)NC1=O. The first-order chi connectivity index (χ1) is 23.8. The largest absolute Gasteiger partial charge is 0.508 e. The van der Waals surface area contributed by atoms with Crippen LogP contribution in [0.4, 0.5) is 0 Å². The molecule has 3 rings (SSSR count). The van der Waals surface area contributed by atoms with Gasteiger partial charge in [-0.05, 0) is 62.1 Å². The van der Waals surface area contributed by atoms with Gasteiger partial charge >= 0.3 is 0 Å². The van der Waals surface area contributed by atoms with Gasteiger partial charge < -0.3 is 48.1 Å². The normalized spacial score (nSPS) is 24.8. The molecule has 1 aromatic carbocycles. The zero-order valence-electron chi connectivity index (χ0n) is 28.2. The molecule has 17 nitrogen and oxygen atoms in total. The summed E-state index contributed by atoms with van der Waals surface area (Å²) in [5.41, 5.74) is 11.5. The number of hydrogen-bond donors (Lipinski definition) is 8. The first-order valence-corrected chi connectivity index (χ1v) is 16.5. The smallest absolute Gasteiger partial charge is 0.290 e. The summed E-state index contributed by atoms with van der Waals surface area (Å²) >= 11 is 0. The highest BCUT2D eigenvalue weighted by Crippen LogP contribution is 2.20. The van der Waals surface area contributed by atoms with Crippen LogP contribution in [0.1, 0.15) is 51.5 Å². The summed E-state index contributed by atoms with van der Waals surface area (Å²) in [6, 6.07) is 0.704. The quantitative estimate of drug-likeness (QED) is 0.0432. The fourth-order valence-electron chi connectivity index (χ4n) is 5.74. The number of nitrogens with two attached hydrogens (primary N) is 2. The van der Waals surface area contributed by atoms with E-state index in [0.717, 1.165) is 0 Å². The standard InChI is InChI=1S/C33H47N9O8/c1-19(2)15-24-29(47)39-21(16-20-7-10-22(44)11-8-20)9-12-27(45)37-17-25(38-18-43)32(50)42-14-4-6-26(42)30(48)40-23(28(46)31(49)41-24)5-3-13-36-33(34)35/h7-12,18-19,21,23-26,44H,3-6,13-17H2,1-2H3,(H,37,45)(H,38,43)(H,39,47)(H,40,48)(H,41,49)(H4,34,35,36)/b12-9+/t21?,23?,24-,25+,26+/m1/s1. The number of nitrogens with one attached hydrogen (secondary N) is 5. The number of aromatic hydroxyl groups is 1. The predicted molar refractivity (Wildman–Crippen MR) is 182 cm³/mol. The molecule has 10 N–H and O–H groups in total. The number of hydrogen-bond acceptors (Lipinski definition) is 9. The van der Waals surface area contributed by atoms with Crippen LogP contribution >= 0.6 is 0 Å². The van der Waals surface area contributed by atoms with Crippen LogP contribution in [0.2, 0.25) is 0 Å². The minimum absolute atomic E-state index is 0.0304. The van der Waals surface area contributed by atoms with Gasteiger partial charge in [0.05, 0.1) is 12.1 Å². The summed E-state index contributed by atoms with van der Waals surface area (Å²) in [7, 11) is 0. The van der Waals surface area contributed by atoms with E-state index in [4.69, 9.17) is 11.5 Å². The van der Waals surface area contributed by atoms with E-state index >= 15 is 0 Å². The molecule has 0 aliphatic carbocycles. The Morgan fingerprint density at radius 2 is 1.76 bits per heavy atom. The van der Waals surface area contributed by atoms with Crippen LogP contribution in [-0.2, 0) is 40.0 Å². The molecule has 17 heteroatoms. The molecule has 0 spiro atoms. The molecule has 50 heavy (non-hydrogen) atoms. The molecule has 2 aliphatic heterocycles. The monoisotopic (exact) mass is 697 g/mol. The number of phenols is 1. The Kier molecular flexibility index (Phi) is 14.7. The summed E-state index contributed by atoms with van der Waals surface area (Å²) in [5.74, 6) is -4.89. The fraction of sp³-hybridized carbons (Fsp3) is 0.515. The first-order valence-electron chi connectivity index (χ1n) is 16.5. The van der Waals surface area contributed by atoms with Crippen LogP contribution < -0.4 is 38.1 Å². The molecular formula is C33H47N9O8. The van der Waals surface area contributed by atoms with Crippen molar-refractivity contribution in [3.63, 3.8) is 0 Å². The molecule has 2 unspecified atom stereocenters. The van der Waals surface area contributed by atoms with E-state index in [0.29, 0.717) is 18.4 Å². The van der Waals surface area contributed by atoms with E-state index in [9.17, 15) is 38.7 Å². The van der Waals surface area contributed by atoms with Crippen molar-refractivity contribution in [2.75, 3.05) is 19.6 Å². The summed E-state index contributed by atoms with van der Waals surface area (Å²) in [4.78, 5) is 97.3. The third kappa shape index (κ3) is 11.9. The Morgan fingerprint density at radius 3 is 2.42 bits per heavy atom. The van der Waals surface area contributed by atoms with Gasteiger partial charge in [-0.15, -0.1) is 0 Å². The number of carbonyl (C=O) groups excluding carboxylic acids is 7. The Labute approximate surface area is 290 Å². The average Bonchev–Trinajstić information content (AvgIpc) is 3.56. The lowest BCUT2D eigenvalue weighted by molar-refractivity contribution is -0.143. The van der Waals surface area contributed by atoms with Crippen LogP contribution in [0.5, 0.6) is 5.75 Å². The molecule has 272 valence electrons. The maximum atomic E-state index is 13.7. The number of ketones is 1. The van der Waals surface area contributed by atoms with Crippen molar-refractivity contribution in [1.82, 2.24) is 31.5 Å². The molecule has 2 aliphatic rings. The molecule has 5 atom stereocenters. The number of phenolic OH excluding ortho intramolecular Hbond substituents is 1. The lowest BCUT2D eigenvalue weighted by atomic mass is 10.00. The molecule has 6 amide bonds. The van der Waals surface area contributed by atoms with Crippen LogP contribution in [0.25, 0.3) is 0 Å². The average molecular weight is 698 g/mol. The van der Waals surface area contributed by atoms with Crippen LogP contribution in [0, 0.1) is 5.92 Å². The third-order valence-electron chi connectivity index (χ3n) is 8.22. The second-order valence-electron chi connectivity index (χ2n) is 12.6. The van der Waals surface area contributed by atoms with Crippen molar-refractivity contribution >= 4 is 47.7 Å². The molecule has 2 heterocycles. The topological polar surface area (TPSA) is 268 Å². The van der Waals surface area contributed by atoms with E-state index < -0.39 is 65.5 Å². The number of benzene rings is 1. The Hall–Kier alpha value is -5.48. The molecule has 1 saturated heterocycles. The van der Waals surface area contributed by atoms with Crippen LogP contribution in [0.15, 0.2) is 41.4 Å². The van der Waals surface area contributed by atoms with Crippen molar-refractivity contribution in [2.24, 2.45) is 22.4 Å². The zero-order valence-corrected chi connectivity index (χ0v) is 28.2. The molecule has 0 radical (unpaired) electrons. The molecule has 0 bridgehead atoms. The number of fused-ring (bicyclic) bond motifs is 1. The number of rotatable bonds is 10. The minimum Gasteiger partial charge on any atom is -0.508 e. The van der Waals surface area contributed by atoms with Gasteiger partial charge in [-0.3, -0.25) is 38.6 Å². The first kappa shape index (κ1) is 39.0. The van der Waals surface area contributed by atoms with Crippen molar-refractivity contribution in [1.29, 1.82) is 0 Å². The summed E-state index contributed by atoms with van der Waals surface area (Å²) < 4.78 is 0. The summed E-state index contributed by atoms with van der Waals surface area (Å²) in [5, 5.41) is 22.6. The Balaban J connectivity index is 2.00. The van der Waals surface area contributed by atoms with E-state index in [-0.39, 0.29) is 69.4 Å². The lowest BCUT2D eigenvalue weighted by Crippen LogP contribution is -2.58.